The van der Waals surface area contributed by atoms with E-state index in [1.54, 1.807) is 0 Å². The van der Waals surface area contributed by atoms with E-state index in [0.717, 1.165) is 5.56 Å². The van der Waals surface area contributed by atoms with Crippen molar-refractivity contribution in [3.8, 4) is 0 Å². The summed E-state index contributed by atoms with van der Waals surface area (Å²) in [5.74, 6) is -0.427. The van der Waals surface area contributed by atoms with E-state index in [1.165, 1.54) is 11.6 Å². The van der Waals surface area contributed by atoms with Gasteiger partial charge in [0.1, 0.15) is 0 Å². The predicted molar refractivity (Wildman–Crippen MR) is 90.8 cm³/mol. The van der Waals surface area contributed by atoms with Gasteiger partial charge in [-0.2, -0.15) is 0 Å². The Bertz CT molecular complexity index is 644. The van der Waals surface area contributed by atoms with Crippen LogP contribution in [0.4, 0.5) is 0 Å². The van der Waals surface area contributed by atoms with Crippen LogP contribution in [-0.2, 0) is 14.3 Å². The molecular formula is C19H20O3Se. The summed E-state index contributed by atoms with van der Waals surface area (Å²) in [6.45, 7) is 2.06. The molecule has 0 radical (unpaired) electrons. The summed E-state index contributed by atoms with van der Waals surface area (Å²) >= 11 is 0.156. The average Bonchev–Trinajstić information content (AvgIpc) is 2.92. The first kappa shape index (κ1) is 16.3. The first-order valence-corrected chi connectivity index (χ1v) is 9.55. The number of hydrogen-bond donors (Lipinski definition) is 0. The van der Waals surface area contributed by atoms with E-state index < -0.39 is 0 Å². The van der Waals surface area contributed by atoms with Gasteiger partial charge in [-0.1, -0.05) is 0 Å². The number of rotatable bonds is 4. The molecule has 3 rings (SSSR count). The molecule has 0 saturated carbocycles. The van der Waals surface area contributed by atoms with Gasteiger partial charge in [0.05, 0.1) is 0 Å². The molecule has 0 bridgehead atoms. The van der Waals surface area contributed by atoms with E-state index in [1.807, 2.05) is 48.5 Å². The van der Waals surface area contributed by atoms with Gasteiger partial charge < -0.3 is 0 Å². The van der Waals surface area contributed by atoms with E-state index in [2.05, 4.69) is 19.1 Å². The van der Waals surface area contributed by atoms with E-state index >= 15 is 0 Å². The van der Waals surface area contributed by atoms with E-state index in [0.29, 0.717) is 0 Å². The maximum atomic E-state index is 12.5. The number of benzene rings is 2. The molecule has 1 fully saturated rings. The zero-order valence-electron chi connectivity index (χ0n) is 13.2. The van der Waals surface area contributed by atoms with Crippen LogP contribution < -0.4 is 4.46 Å². The Labute approximate surface area is 143 Å². The first-order chi connectivity index (χ1) is 11.2. The third kappa shape index (κ3) is 3.50. The molecule has 1 aliphatic rings. The Kier molecular flexibility index (Phi) is 5.16. The Balaban J connectivity index is 1.90. The molecule has 120 valence electrons. The van der Waals surface area contributed by atoms with Gasteiger partial charge in [-0.05, 0) is 0 Å². The van der Waals surface area contributed by atoms with Crippen LogP contribution in [0.2, 0.25) is 4.82 Å². The van der Waals surface area contributed by atoms with Crippen LogP contribution in [0.15, 0.2) is 60.7 Å². The van der Waals surface area contributed by atoms with Gasteiger partial charge in [0.25, 0.3) is 0 Å². The third-order valence-corrected chi connectivity index (χ3v) is 7.25. The fourth-order valence-electron chi connectivity index (χ4n) is 3.01. The Morgan fingerprint density at radius 1 is 1.04 bits per heavy atom. The molecule has 0 spiro atoms. The summed E-state index contributed by atoms with van der Waals surface area (Å²) in [4.78, 5) is 12.6. The summed E-state index contributed by atoms with van der Waals surface area (Å²) in [6, 6.07) is 20.3. The van der Waals surface area contributed by atoms with Gasteiger partial charge >= 0.3 is 143 Å². The predicted octanol–water partition coefficient (Wildman–Crippen LogP) is 2.75. The van der Waals surface area contributed by atoms with Gasteiger partial charge in [0, 0.05) is 0 Å². The van der Waals surface area contributed by atoms with Crippen molar-refractivity contribution in [1.82, 2.24) is 0 Å². The summed E-state index contributed by atoms with van der Waals surface area (Å²) in [5.41, 5.74) is 1.04. The molecule has 4 atom stereocenters. The molecular weight excluding hydrogens is 355 g/mol. The zero-order valence-corrected chi connectivity index (χ0v) is 14.9. The molecule has 1 heterocycles. The fourth-order valence-corrected chi connectivity index (χ4v) is 5.70. The third-order valence-electron chi connectivity index (χ3n) is 4.12. The molecule has 0 N–H and O–H groups in total. The maximum absolute atomic E-state index is 12.5. The second-order valence-corrected chi connectivity index (χ2v) is 8.24. The Hall–Kier alpha value is -1.61. The van der Waals surface area contributed by atoms with Crippen LogP contribution in [0, 0.1) is 5.92 Å². The molecule has 0 aliphatic carbocycles. The SMILES string of the molecule is COC(=O)[C@H]1[C@@H]([Se]c2ccccc2)[C@H](C)O[C@H]1c1ccccc1. The second kappa shape index (κ2) is 7.31. The van der Waals surface area contributed by atoms with Crippen molar-refractivity contribution >= 4 is 25.4 Å². The van der Waals surface area contributed by atoms with Crippen molar-refractivity contribution in [1.29, 1.82) is 0 Å². The minimum atomic E-state index is -0.252. The normalized spacial score (nSPS) is 26.9. The van der Waals surface area contributed by atoms with Gasteiger partial charge in [-0.3, -0.25) is 0 Å². The standard InChI is InChI=1S/C19H20O3Se/c1-13-18(23-15-11-7-4-8-12-15)16(19(20)21-2)17(22-13)14-9-5-3-6-10-14/h3-13,16-18H,1-2H3/t13-,16+,17-,18-/m0/s1. The van der Waals surface area contributed by atoms with Crippen LogP contribution in [0.3, 0.4) is 0 Å². The first-order valence-electron chi connectivity index (χ1n) is 7.70. The van der Waals surface area contributed by atoms with Crippen molar-refractivity contribution in [2.75, 3.05) is 7.11 Å². The van der Waals surface area contributed by atoms with Crippen molar-refractivity contribution in [2.24, 2.45) is 5.92 Å². The van der Waals surface area contributed by atoms with E-state index in [4.69, 9.17) is 9.47 Å². The molecule has 3 nitrogen and oxygen atoms in total. The zero-order chi connectivity index (χ0) is 16.2. The van der Waals surface area contributed by atoms with Crippen molar-refractivity contribution in [2.45, 2.75) is 23.9 Å². The molecule has 0 amide bonds. The van der Waals surface area contributed by atoms with Gasteiger partial charge in [-0.25, -0.2) is 0 Å². The summed E-state index contributed by atoms with van der Waals surface area (Å²) in [7, 11) is 1.46. The van der Waals surface area contributed by atoms with E-state index in [9.17, 15) is 4.79 Å². The second-order valence-electron chi connectivity index (χ2n) is 5.62. The average molecular weight is 375 g/mol. The molecule has 0 aromatic heterocycles. The number of carbonyl (C=O) groups is 1. The number of hydrogen-bond acceptors (Lipinski definition) is 3. The van der Waals surface area contributed by atoms with Crippen molar-refractivity contribution in [3.63, 3.8) is 0 Å². The fraction of sp³-hybridized carbons (Fsp3) is 0.316. The molecule has 0 unspecified atom stereocenters. The number of esters is 1. The summed E-state index contributed by atoms with van der Waals surface area (Å²) in [5, 5.41) is 0. The van der Waals surface area contributed by atoms with Crippen LogP contribution in [0.1, 0.15) is 18.6 Å². The van der Waals surface area contributed by atoms with Gasteiger partial charge in [0.2, 0.25) is 0 Å². The Morgan fingerprint density at radius 2 is 1.65 bits per heavy atom. The monoisotopic (exact) mass is 376 g/mol. The minimum absolute atomic E-state index is 0.0320. The molecule has 1 aliphatic heterocycles. The molecule has 1 saturated heterocycles. The molecule has 23 heavy (non-hydrogen) atoms. The molecule has 4 heteroatoms. The molecule has 2 aromatic rings. The number of ether oxygens (including phenoxy) is 2. The van der Waals surface area contributed by atoms with Crippen molar-refractivity contribution < 1.29 is 14.3 Å². The Morgan fingerprint density at radius 3 is 2.26 bits per heavy atom. The van der Waals surface area contributed by atoms with E-state index in [-0.39, 0.29) is 43.9 Å². The van der Waals surface area contributed by atoms with Crippen LogP contribution >= 0.6 is 0 Å². The topological polar surface area (TPSA) is 35.5 Å². The van der Waals surface area contributed by atoms with Crippen LogP contribution in [-0.4, -0.2) is 34.1 Å². The number of carbonyl (C=O) groups excluding carboxylic acids is 1. The van der Waals surface area contributed by atoms with Gasteiger partial charge in [-0.15, -0.1) is 0 Å². The van der Waals surface area contributed by atoms with Crippen molar-refractivity contribution in [3.05, 3.63) is 66.2 Å². The van der Waals surface area contributed by atoms with Gasteiger partial charge in [0.15, 0.2) is 0 Å². The molecule has 2 aromatic carbocycles. The quantitative estimate of drug-likeness (QED) is 0.609. The van der Waals surface area contributed by atoms with Crippen LogP contribution in [0.25, 0.3) is 0 Å². The van der Waals surface area contributed by atoms with Crippen LogP contribution in [0.5, 0.6) is 0 Å². The summed E-state index contributed by atoms with van der Waals surface area (Å²) < 4.78 is 12.6. The summed E-state index contributed by atoms with van der Waals surface area (Å²) in [6.07, 6.45) is -0.196. The number of methoxy groups -OCH3 is 1.